The van der Waals surface area contributed by atoms with Gasteiger partial charge in [-0.1, -0.05) is 30.3 Å². The van der Waals surface area contributed by atoms with Crippen LogP contribution in [-0.2, 0) is 11.3 Å². The molecule has 0 heterocycles. The number of rotatable bonds is 7. The molecule has 0 radical (unpaired) electrons. The molecule has 3 aromatic rings. The molecular weight excluding hydrogens is 360 g/mol. The van der Waals surface area contributed by atoms with Crippen LogP contribution < -0.4 is 9.47 Å². The second kappa shape index (κ2) is 9.14. The monoisotopic (exact) mass is 380 g/mol. The molecule has 0 unspecified atom stereocenters. The molecule has 0 N–H and O–H groups in total. The number of benzene rings is 3. The smallest absolute Gasteiger partial charge is 0.342 e. The molecule has 4 nitrogen and oxygen atoms in total. The van der Waals surface area contributed by atoms with E-state index >= 15 is 0 Å². The molecule has 0 atom stereocenters. The number of ether oxygens (including phenoxy) is 3. The Labute approximate surface area is 163 Å². The van der Waals surface area contributed by atoms with Crippen LogP contribution >= 0.6 is 11.8 Å². The van der Waals surface area contributed by atoms with Gasteiger partial charge in [0.15, 0.2) is 0 Å². The lowest BCUT2D eigenvalue weighted by Crippen LogP contribution is -2.07. The Morgan fingerprint density at radius 3 is 2.44 bits per heavy atom. The summed E-state index contributed by atoms with van der Waals surface area (Å²) in [5.41, 5.74) is 1.25. The fraction of sp³-hybridized carbons (Fsp3) is 0.136. The minimum atomic E-state index is -0.422. The Morgan fingerprint density at radius 1 is 0.926 bits per heavy atom. The molecule has 0 aromatic heterocycles. The standard InChI is InChI=1S/C22H20O4S/c1-24-21-14-19(27-2)11-12-20(21)22(23)25-15-16-7-6-10-18(13-16)26-17-8-4-3-5-9-17/h3-14H,15H2,1-2H3. The van der Waals surface area contributed by atoms with Gasteiger partial charge in [-0.25, -0.2) is 4.79 Å². The van der Waals surface area contributed by atoms with Crippen molar-refractivity contribution in [1.82, 2.24) is 0 Å². The lowest BCUT2D eigenvalue weighted by Gasteiger charge is -2.11. The number of methoxy groups -OCH3 is 1. The lowest BCUT2D eigenvalue weighted by atomic mass is 10.2. The van der Waals surface area contributed by atoms with Crippen LogP contribution in [0.25, 0.3) is 0 Å². The van der Waals surface area contributed by atoms with E-state index in [-0.39, 0.29) is 6.61 Å². The van der Waals surface area contributed by atoms with E-state index in [1.807, 2.05) is 73.0 Å². The molecule has 0 amide bonds. The summed E-state index contributed by atoms with van der Waals surface area (Å²) >= 11 is 1.59. The van der Waals surface area contributed by atoms with Crippen LogP contribution in [0.5, 0.6) is 17.2 Å². The van der Waals surface area contributed by atoms with Crippen molar-refractivity contribution in [1.29, 1.82) is 0 Å². The Hall–Kier alpha value is -2.92. The Morgan fingerprint density at radius 2 is 1.70 bits per heavy atom. The molecule has 0 aliphatic rings. The molecule has 0 spiro atoms. The first kappa shape index (κ1) is 18.9. The zero-order valence-corrected chi connectivity index (χ0v) is 16.0. The third kappa shape index (κ3) is 5.05. The number of esters is 1. The van der Waals surface area contributed by atoms with Gasteiger partial charge in [-0.2, -0.15) is 0 Å². The summed E-state index contributed by atoms with van der Waals surface area (Å²) < 4.78 is 16.6. The molecule has 5 heteroatoms. The van der Waals surface area contributed by atoms with Crippen LogP contribution in [0.3, 0.4) is 0 Å². The van der Waals surface area contributed by atoms with Crippen molar-refractivity contribution in [3.8, 4) is 17.2 Å². The maximum Gasteiger partial charge on any atom is 0.342 e. The first-order valence-electron chi connectivity index (χ1n) is 8.40. The zero-order chi connectivity index (χ0) is 19.1. The summed E-state index contributed by atoms with van der Waals surface area (Å²) in [5.74, 6) is 1.53. The molecule has 3 aromatic carbocycles. The number of thioether (sulfide) groups is 1. The van der Waals surface area contributed by atoms with E-state index < -0.39 is 5.97 Å². The van der Waals surface area contributed by atoms with Crippen molar-refractivity contribution in [3.63, 3.8) is 0 Å². The predicted molar refractivity (Wildman–Crippen MR) is 107 cm³/mol. The van der Waals surface area contributed by atoms with Gasteiger partial charge in [0.2, 0.25) is 0 Å². The van der Waals surface area contributed by atoms with Gasteiger partial charge in [0.05, 0.1) is 7.11 Å². The minimum absolute atomic E-state index is 0.151. The van der Waals surface area contributed by atoms with E-state index in [4.69, 9.17) is 14.2 Å². The van der Waals surface area contributed by atoms with Gasteiger partial charge >= 0.3 is 5.97 Å². The van der Waals surface area contributed by atoms with E-state index in [1.54, 1.807) is 24.9 Å². The van der Waals surface area contributed by atoms with Crippen LogP contribution in [0.15, 0.2) is 77.7 Å². The SMILES string of the molecule is COc1cc(SC)ccc1C(=O)OCc1cccc(Oc2ccccc2)c1. The third-order valence-corrected chi connectivity index (χ3v) is 4.60. The first-order chi connectivity index (χ1) is 13.2. The zero-order valence-electron chi connectivity index (χ0n) is 15.2. The maximum atomic E-state index is 12.4. The van der Waals surface area contributed by atoms with Crippen LogP contribution in [0.2, 0.25) is 0 Å². The van der Waals surface area contributed by atoms with Crippen LogP contribution in [0.1, 0.15) is 15.9 Å². The highest BCUT2D eigenvalue weighted by molar-refractivity contribution is 7.98. The molecule has 0 saturated heterocycles. The van der Waals surface area contributed by atoms with Gasteiger partial charge < -0.3 is 14.2 Å². The molecule has 138 valence electrons. The summed E-state index contributed by atoms with van der Waals surface area (Å²) in [4.78, 5) is 13.5. The van der Waals surface area contributed by atoms with Crippen LogP contribution in [-0.4, -0.2) is 19.3 Å². The summed E-state index contributed by atoms with van der Waals surface area (Å²) in [6, 6.07) is 22.4. The average Bonchev–Trinajstić information content (AvgIpc) is 2.72. The van der Waals surface area contributed by atoms with Crippen molar-refractivity contribution in [2.75, 3.05) is 13.4 Å². The molecule has 0 fully saturated rings. The minimum Gasteiger partial charge on any atom is -0.496 e. The van der Waals surface area contributed by atoms with E-state index in [0.29, 0.717) is 17.1 Å². The molecule has 0 aliphatic carbocycles. The Bertz CT molecular complexity index is 909. The fourth-order valence-corrected chi connectivity index (χ4v) is 2.95. The number of carbonyl (C=O) groups is 1. The number of hydrogen-bond acceptors (Lipinski definition) is 5. The van der Waals surface area contributed by atoms with Crippen LogP contribution in [0.4, 0.5) is 0 Å². The van der Waals surface area contributed by atoms with Gasteiger partial charge in [0.1, 0.15) is 29.4 Å². The van der Waals surface area contributed by atoms with E-state index in [9.17, 15) is 4.79 Å². The number of hydrogen-bond donors (Lipinski definition) is 0. The molecule has 0 bridgehead atoms. The van der Waals surface area contributed by atoms with E-state index in [1.165, 1.54) is 0 Å². The fourth-order valence-electron chi connectivity index (χ4n) is 2.52. The molecular formula is C22H20O4S. The van der Waals surface area contributed by atoms with E-state index in [0.717, 1.165) is 16.2 Å². The maximum absolute atomic E-state index is 12.4. The van der Waals surface area contributed by atoms with Gasteiger partial charge in [-0.3, -0.25) is 0 Å². The first-order valence-corrected chi connectivity index (χ1v) is 9.63. The highest BCUT2D eigenvalue weighted by Gasteiger charge is 2.14. The third-order valence-electron chi connectivity index (χ3n) is 3.88. The highest BCUT2D eigenvalue weighted by atomic mass is 32.2. The molecule has 0 saturated carbocycles. The van der Waals surface area contributed by atoms with Gasteiger partial charge in [-0.15, -0.1) is 11.8 Å². The second-order valence-corrected chi connectivity index (χ2v) is 6.58. The van der Waals surface area contributed by atoms with Crippen molar-refractivity contribution < 1.29 is 19.0 Å². The van der Waals surface area contributed by atoms with Crippen LogP contribution in [0, 0.1) is 0 Å². The predicted octanol–water partition coefficient (Wildman–Crippen LogP) is 5.57. The summed E-state index contributed by atoms with van der Waals surface area (Å²) in [5, 5.41) is 0. The van der Waals surface area contributed by atoms with Gasteiger partial charge in [0.25, 0.3) is 0 Å². The average molecular weight is 380 g/mol. The van der Waals surface area contributed by atoms with Crippen molar-refractivity contribution in [2.45, 2.75) is 11.5 Å². The van der Waals surface area contributed by atoms with Crippen molar-refractivity contribution >= 4 is 17.7 Å². The summed E-state index contributed by atoms with van der Waals surface area (Å²) in [7, 11) is 1.54. The quantitative estimate of drug-likeness (QED) is 0.396. The summed E-state index contributed by atoms with van der Waals surface area (Å²) in [6.45, 7) is 0.151. The van der Waals surface area contributed by atoms with Gasteiger partial charge in [-0.05, 0) is 54.3 Å². The van der Waals surface area contributed by atoms with E-state index in [2.05, 4.69) is 0 Å². The number of carbonyl (C=O) groups excluding carboxylic acids is 1. The molecule has 3 rings (SSSR count). The Kier molecular flexibility index (Phi) is 6.39. The lowest BCUT2D eigenvalue weighted by molar-refractivity contribution is 0.0468. The largest absolute Gasteiger partial charge is 0.496 e. The topological polar surface area (TPSA) is 44.8 Å². The molecule has 0 aliphatic heterocycles. The normalized spacial score (nSPS) is 10.3. The second-order valence-electron chi connectivity index (χ2n) is 5.70. The highest BCUT2D eigenvalue weighted by Crippen LogP contribution is 2.27. The van der Waals surface area contributed by atoms with Crippen molar-refractivity contribution in [2.24, 2.45) is 0 Å². The molecule has 27 heavy (non-hydrogen) atoms. The van der Waals surface area contributed by atoms with Gasteiger partial charge in [0, 0.05) is 4.90 Å². The Balaban J connectivity index is 1.66. The summed E-state index contributed by atoms with van der Waals surface area (Å²) in [6.07, 6.45) is 1.97. The number of para-hydroxylation sites is 1. The van der Waals surface area contributed by atoms with Crippen molar-refractivity contribution in [3.05, 3.63) is 83.9 Å².